The van der Waals surface area contributed by atoms with E-state index in [1.165, 1.54) is 18.0 Å². The zero-order chi connectivity index (χ0) is 18.8. The molecule has 1 aromatic carbocycles. The quantitative estimate of drug-likeness (QED) is 0.527. The first kappa shape index (κ1) is 18.9. The fraction of sp³-hybridized carbons (Fsp3) is 0.412. The third-order valence-corrected chi connectivity index (χ3v) is 5.31. The number of aromatic nitrogens is 2. The molecule has 26 heavy (non-hydrogen) atoms. The van der Waals surface area contributed by atoms with E-state index in [4.69, 9.17) is 4.74 Å². The van der Waals surface area contributed by atoms with Crippen LogP contribution in [0.25, 0.3) is 0 Å². The smallest absolute Gasteiger partial charge is 0.330 e. The molecule has 0 unspecified atom stereocenters. The van der Waals surface area contributed by atoms with Crippen LogP contribution in [0, 0.1) is 6.92 Å². The summed E-state index contributed by atoms with van der Waals surface area (Å²) in [6, 6.07) is 7.81. The minimum atomic E-state index is -1.40. The van der Waals surface area contributed by atoms with Crippen LogP contribution in [0.4, 0.5) is 0 Å². The van der Waals surface area contributed by atoms with Gasteiger partial charge in [0.1, 0.15) is 18.3 Å². The van der Waals surface area contributed by atoms with Crippen LogP contribution in [0.5, 0.6) is 0 Å². The molecule has 2 heterocycles. The fourth-order valence-corrected chi connectivity index (χ4v) is 3.58. The third-order valence-electron chi connectivity index (χ3n) is 4.25. The molecule has 9 heteroatoms. The summed E-state index contributed by atoms with van der Waals surface area (Å²) < 4.78 is 6.39. The van der Waals surface area contributed by atoms with Crippen LogP contribution in [0.2, 0.25) is 0 Å². The minimum Gasteiger partial charge on any atom is -0.394 e. The van der Waals surface area contributed by atoms with Gasteiger partial charge in [-0.15, -0.1) is 11.8 Å². The van der Waals surface area contributed by atoms with Crippen molar-refractivity contribution < 1.29 is 20.1 Å². The van der Waals surface area contributed by atoms with Gasteiger partial charge in [-0.2, -0.15) is 0 Å². The summed E-state index contributed by atoms with van der Waals surface area (Å²) in [7, 11) is 0. The van der Waals surface area contributed by atoms with Gasteiger partial charge in [0, 0.05) is 22.4 Å². The maximum Gasteiger partial charge on any atom is 0.330 e. The number of aromatic amines is 1. The van der Waals surface area contributed by atoms with Crippen LogP contribution in [0.3, 0.4) is 0 Å². The van der Waals surface area contributed by atoms with Gasteiger partial charge in [-0.05, 0) is 19.1 Å². The van der Waals surface area contributed by atoms with Gasteiger partial charge >= 0.3 is 5.69 Å². The number of aliphatic hydroxyl groups is 3. The average molecular weight is 380 g/mol. The number of nitrogens with zero attached hydrogens (tertiary/aromatic N) is 1. The van der Waals surface area contributed by atoms with Crippen molar-refractivity contribution >= 4 is 11.8 Å². The lowest BCUT2D eigenvalue weighted by Gasteiger charge is -2.18. The number of benzene rings is 1. The highest BCUT2D eigenvalue weighted by atomic mass is 32.2. The van der Waals surface area contributed by atoms with Crippen molar-refractivity contribution in [1.29, 1.82) is 0 Å². The molecular formula is C17H20N2O6S. The lowest BCUT2D eigenvalue weighted by atomic mass is 10.1. The fourth-order valence-electron chi connectivity index (χ4n) is 2.72. The lowest BCUT2D eigenvalue weighted by Crippen LogP contribution is -2.38. The van der Waals surface area contributed by atoms with E-state index in [0.29, 0.717) is 11.3 Å². The Bertz CT molecular complexity index is 878. The van der Waals surface area contributed by atoms with E-state index >= 15 is 0 Å². The van der Waals surface area contributed by atoms with E-state index < -0.39 is 42.4 Å². The summed E-state index contributed by atoms with van der Waals surface area (Å²) in [4.78, 5) is 27.4. The number of aryl methyl sites for hydroxylation is 1. The second kappa shape index (κ2) is 7.77. The zero-order valence-electron chi connectivity index (χ0n) is 14.0. The first-order valence-corrected chi connectivity index (χ1v) is 9.05. The van der Waals surface area contributed by atoms with Gasteiger partial charge in [0.2, 0.25) is 0 Å². The SMILES string of the molecule is Cc1ccc(SCc2cn([C@@H]3O[C@@H](CO)[C@@H](O)[C@H]3O)c(=O)[nH]c2=O)cc1. The summed E-state index contributed by atoms with van der Waals surface area (Å²) in [5, 5.41) is 29.1. The molecule has 140 valence electrons. The number of ether oxygens (including phenoxy) is 1. The van der Waals surface area contributed by atoms with Crippen molar-refractivity contribution in [1.82, 2.24) is 9.55 Å². The van der Waals surface area contributed by atoms with E-state index in [2.05, 4.69) is 4.98 Å². The summed E-state index contributed by atoms with van der Waals surface area (Å²) in [6.07, 6.45) is -3.58. The topological polar surface area (TPSA) is 125 Å². The Hall–Kier alpha value is -1.91. The number of rotatable bonds is 5. The summed E-state index contributed by atoms with van der Waals surface area (Å²) in [5.74, 6) is 0.313. The summed E-state index contributed by atoms with van der Waals surface area (Å²) in [6.45, 7) is 1.49. The normalized spacial score (nSPS) is 25.5. The molecule has 1 saturated heterocycles. The van der Waals surface area contributed by atoms with Crippen LogP contribution in [0.1, 0.15) is 17.4 Å². The van der Waals surface area contributed by atoms with Gasteiger partial charge in [0.05, 0.1) is 6.61 Å². The van der Waals surface area contributed by atoms with Gasteiger partial charge in [-0.25, -0.2) is 4.79 Å². The minimum absolute atomic E-state index is 0.313. The van der Waals surface area contributed by atoms with Gasteiger partial charge in [-0.1, -0.05) is 17.7 Å². The summed E-state index contributed by atoms with van der Waals surface area (Å²) in [5.41, 5.74) is 0.185. The van der Waals surface area contributed by atoms with E-state index in [0.717, 1.165) is 15.0 Å². The number of hydrogen-bond donors (Lipinski definition) is 4. The Labute approximate surface area is 153 Å². The predicted octanol–water partition coefficient (Wildman–Crippen LogP) is -0.251. The van der Waals surface area contributed by atoms with E-state index in [9.17, 15) is 24.9 Å². The first-order valence-electron chi connectivity index (χ1n) is 8.07. The Morgan fingerprint density at radius 1 is 1.19 bits per heavy atom. The van der Waals surface area contributed by atoms with Gasteiger partial charge < -0.3 is 20.1 Å². The highest BCUT2D eigenvalue weighted by Crippen LogP contribution is 2.28. The van der Waals surface area contributed by atoms with Crippen molar-refractivity contribution in [2.75, 3.05) is 6.61 Å². The van der Waals surface area contributed by atoms with E-state index in [1.54, 1.807) is 0 Å². The van der Waals surface area contributed by atoms with Crippen molar-refractivity contribution in [3.8, 4) is 0 Å². The molecule has 0 bridgehead atoms. The van der Waals surface area contributed by atoms with Crippen molar-refractivity contribution in [3.05, 3.63) is 62.4 Å². The zero-order valence-corrected chi connectivity index (χ0v) is 14.8. The number of thioether (sulfide) groups is 1. The molecule has 1 aliphatic rings. The molecule has 8 nitrogen and oxygen atoms in total. The molecule has 0 spiro atoms. The molecule has 0 amide bonds. The molecule has 1 aromatic heterocycles. The number of nitrogens with one attached hydrogen (secondary N) is 1. The molecule has 1 aliphatic heterocycles. The van der Waals surface area contributed by atoms with Gasteiger partial charge in [0.15, 0.2) is 6.23 Å². The molecule has 1 fully saturated rings. The second-order valence-corrected chi connectivity index (χ2v) is 7.20. The summed E-state index contributed by atoms with van der Waals surface area (Å²) >= 11 is 1.43. The average Bonchev–Trinajstić information content (AvgIpc) is 2.90. The van der Waals surface area contributed by atoms with Crippen LogP contribution in [0.15, 0.2) is 44.9 Å². The maximum atomic E-state index is 12.1. The van der Waals surface area contributed by atoms with Crippen LogP contribution >= 0.6 is 11.8 Å². The Balaban J connectivity index is 1.84. The molecule has 4 atom stereocenters. The highest BCUT2D eigenvalue weighted by molar-refractivity contribution is 7.98. The largest absolute Gasteiger partial charge is 0.394 e. The standard InChI is InChI=1S/C17H20N2O6S/c1-9-2-4-11(5-3-9)26-8-10-6-19(17(24)18-15(10)23)16-14(22)13(21)12(7-20)25-16/h2-6,12-14,16,20-22H,7-8H2,1H3,(H,18,23,24)/t12-,13+,14+,16+/m0/s1. The highest BCUT2D eigenvalue weighted by Gasteiger charge is 2.43. The van der Waals surface area contributed by atoms with Crippen LogP contribution in [-0.4, -0.2) is 49.8 Å². The molecule has 2 aromatic rings. The van der Waals surface area contributed by atoms with Crippen molar-refractivity contribution in [3.63, 3.8) is 0 Å². The molecule has 0 aliphatic carbocycles. The van der Waals surface area contributed by atoms with Crippen molar-refractivity contribution in [2.24, 2.45) is 0 Å². The number of hydrogen-bond acceptors (Lipinski definition) is 7. The van der Waals surface area contributed by atoms with E-state index in [-0.39, 0.29) is 0 Å². The van der Waals surface area contributed by atoms with Crippen molar-refractivity contribution in [2.45, 2.75) is 42.1 Å². The van der Waals surface area contributed by atoms with E-state index in [1.807, 2.05) is 31.2 Å². The molecule has 3 rings (SSSR count). The Morgan fingerprint density at radius 3 is 2.50 bits per heavy atom. The molecule has 0 radical (unpaired) electrons. The van der Waals surface area contributed by atoms with Gasteiger partial charge in [-0.3, -0.25) is 14.3 Å². The molecular weight excluding hydrogens is 360 g/mol. The molecule has 4 N–H and O–H groups in total. The lowest BCUT2D eigenvalue weighted by molar-refractivity contribution is -0.0551. The monoisotopic (exact) mass is 380 g/mol. The Kier molecular flexibility index (Phi) is 5.64. The maximum absolute atomic E-state index is 12.1. The Morgan fingerprint density at radius 2 is 1.88 bits per heavy atom. The van der Waals surface area contributed by atoms with Crippen LogP contribution in [-0.2, 0) is 10.5 Å². The third kappa shape index (κ3) is 3.76. The first-order chi connectivity index (χ1) is 12.4. The number of aliphatic hydroxyl groups excluding tert-OH is 3. The number of H-pyrrole nitrogens is 1. The van der Waals surface area contributed by atoms with Crippen LogP contribution < -0.4 is 11.2 Å². The second-order valence-electron chi connectivity index (χ2n) is 6.15. The predicted molar refractivity (Wildman–Crippen MR) is 95.1 cm³/mol. The molecule has 0 saturated carbocycles. The van der Waals surface area contributed by atoms with Gasteiger partial charge in [0.25, 0.3) is 5.56 Å².